The van der Waals surface area contributed by atoms with E-state index in [0.717, 1.165) is 63.1 Å². The van der Waals surface area contributed by atoms with E-state index in [1.54, 1.807) is 48.5 Å². The topological polar surface area (TPSA) is 46.8 Å². The van der Waals surface area contributed by atoms with E-state index < -0.39 is 28.9 Å². The van der Waals surface area contributed by atoms with Gasteiger partial charge in [0.1, 0.15) is 0 Å². The van der Waals surface area contributed by atoms with E-state index in [1.165, 1.54) is 24.3 Å². The molecule has 0 N–H and O–H groups in total. The lowest BCUT2D eigenvalue weighted by Crippen LogP contribution is -2.54. The van der Waals surface area contributed by atoms with Gasteiger partial charge >= 0.3 is 12.4 Å². The summed E-state index contributed by atoms with van der Waals surface area (Å²) in [6.07, 6.45) is -11.6. The number of aromatic nitrogens is 4. The number of benzene rings is 8. The molecule has 11 heteroatoms. The van der Waals surface area contributed by atoms with Gasteiger partial charge in [0, 0.05) is 50.2 Å². The number of nitrogens with zero attached hydrogens (tertiary/aromatic N) is 5. The third-order valence-corrected chi connectivity index (χ3v) is 11.6. The maximum absolute atomic E-state index is 15.5. The van der Waals surface area contributed by atoms with Crippen LogP contribution in [0.2, 0.25) is 0 Å². The number of anilines is 3. The molecule has 0 aliphatic carbocycles. The van der Waals surface area contributed by atoms with Crippen molar-refractivity contribution in [3.8, 4) is 39.9 Å². The summed E-state index contributed by atoms with van der Waals surface area (Å²) in [7, 11) is 0. The monoisotopic (exact) mass is 867 g/mol. The summed E-state index contributed by atoms with van der Waals surface area (Å²) in [4.78, 5) is 15.9. The largest absolute Gasteiger partial charge is 0.411 e. The first kappa shape index (κ1) is 41.0. The maximum Gasteiger partial charge on any atom is 0.411 e. The summed E-state index contributed by atoms with van der Waals surface area (Å²) in [5.41, 5.74) is -0.247. The molecule has 0 aliphatic heterocycles. The number of halogens is 6. The number of hydrogen-bond acceptors (Lipinski definition) is 4. The molecule has 2 heterocycles. The van der Waals surface area contributed by atoms with E-state index in [9.17, 15) is 0 Å². The van der Waals surface area contributed by atoms with Gasteiger partial charge in [0.05, 0.1) is 11.0 Å². The van der Waals surface area contributed by atoms with Gasteiger partial charge in [0.25, 0.3) is 0 Å². The average molecular weight is 868 g/mol. The molecular weight excluding hydrogens is 833 g/mol. The van der Waals surface area contributed by atoms with Crippen LogP contribution >= 0.6 is 0 Å². The highest BCUT2D eigenvalue weighted by molar-refractivity contribution is 6.10. The van der Waals surface area contributed by atoms with Crippen LogP contribution in [0, 0.1) is 0 Å². The molecule has 10 rings (SSSR count). The lowest BCUT2D eigenvalue weighted by molar-refractivity contribution is -0.288. The van der Waals surface area contributed by atoms with Gasteiger partial charge in [0.15, 0.2) is 17.5 Å². The second-order valence-corrected chi connectivity index (χ2v) is 15.5. The lowest BCUT2D eigenvalue weighted by atomic mass is 9.72. The second-order valence-electron chi connectivity index (χ2n) is 15.5. The highest BCUT2D eigenvalue weighted by Gasteiger charge is 2.72. The Bertz CT molecular complexity index is 3150. The van der Waals surface area contributed by atoms with Crippen LogP contribution in [-0.4, -0.2) is 31.9 Å². The van der Waals surface area contributed by atoms with Gasteiger partial charge in [-0.3, -0.25) is 0 Å². The summed E-state index contributed by atoms with van der Waals surface area (Å²) in [6, 6.07) is 59.9. The van der Waals surface area contributed by atoms with Gasteiger partial charge in [-0.1, -0.05) is 152 Å². The van der Waals surface area contributed by atoms with Crippen LogP contribution in [0.5, 0.6) is 0 Å². The van der Waals surface area contributed by atoms with E-state index in [4.69, 9.17) is 0 Å². The average Bonchev–Trinajstić information content (AvgIpc) is 3.66. The smallest absolute Gasteiger partial charge is 0.310 e. The zero-order valence-corrected chi connectivity index (χ0v) is 34.2. The summed E-state index contributed by atoms with van der Waals surface area (Å²) < 4.78 is 95.0. The molecule has 0 fully saturated rings. The number of fused-ring (bicyclic) bond motifs is 3. The van der Waals surface area contributed by atoms with E-state index >= 15 is 26.3 Å². The summed E-state index contributed by atoms with van der Waals surface area (Å²) in [5.74, 6) is 0.677. The number of para-hydroxylation sites is 3. The Morgan fingerprint density at radius 3 is 1.23 bits per heavy atom. The molecule has 65 heavy (non-hydrogen) atoms. The molecule has 0 unspecified atom stereocenters. The fourth-order valence-corrected chi connectivity index (χ4v) is 8.63. The third-order valence-electron chi connectivity index (χ3n) is 11.6. The summed E-state index contributed by atoms with van der Waals surface area (Å²) >= 11 is 0. The fraction of sp³-hybridized carbons (Fsp3) is 0.0556. The predicted octanol–water partition coefficient (Wildman–Crippen LogP) is 14.9. The minimum atomic E-state index is -5.80. The van der Waals surface area contributed by atoms with Gasteiger partial charge < -0.3 is 9.47 Å². The van der Waals surface area contributed by atoms with Crippen LogP contribution in [0.4, 0.5) is 43.4 Å². The molecule has 0 saturated carbocycles. The Morgan fingerprint density at radius 2 is 0.754 bits per heavy atom. The van der Waals surface area contributed by atoms with Gasteiger partial charge in [-0.05, 0) is 71.8 Å². The molecular formula is C54H35F6N5. The Kier molecular flexibility index (Phi) is 10.2. The van der Waals surface area contributed by atoms with Crippen molar-refractivity contribution in [3.63, 3.8) is 0 Å². The van der Waals surface area contributed by atoms with Crippen molar-refractivity contribution in [3.05, 3.63) is 223 Å². The highest BCUT2D eigenvalue weighted by Crippen LogP contribution is 2.56. The minimum absolute atomic E-state index is 0.0874. The first-order valence-electron chi connectivity index (χ1n) is 20.7. The van der Waals surface area contributed by atoms with Gasteiger partial charge in [-0.15, -0.1) is 0 Å². The normalized spacial score (nSPS) is 12.2. The zero-order valence-electron chi connectivity index (χ0n) is 34.2. The molecule has 0 atom stereocenters. The van der Waals surface area contributed by atoms with E-state index in [-0.39, 0.29) is 11.4 Å². The molecule has 2 aromatic heterocycles. The Balaban J connectivity index is 1.06. The Labute approximate surface area is 369 Å². The van der Waals surface area contributed by atoms with Gasteiger partial charge in [-0.2, -0.15) is 26.3 Å². The molecule has 5 nitrogen and oxygen atoms in total. The Hall–Kier alpha value is -8.05. The predicted molar refractivity (Wildman–Crippen MR) is 244 cm³/mol. The first-order chi connectivity index (χ1) is 31.5. The zero-order chi connectivity index (χ0) is 44.8. The van der Waals surface area contributed by atoms with Crippen molar-refractivity contribution in [2.75, 3.05) is 4.90 Å². The second kappa shape index (κ2) is 16.3. The van der Waals surface area contributed by atoms with Crippen LogP contribution in [0.15, 0.2) is 212 Å². The SMILES string of the molecule is FC(F)(F)C(c1ccc(-c2nc(-c3ccccc3)nc(-c3ccccc3)n2)cc1)(c1ccc(-n2c3ccccc3c3cc(N(c4ccccc4)c4ccccc4)ccc32)cc1)C(F)(F)F. The maximum atomic E-state index is 15.5. The lowest BCUT2D eigenvalue weighted by Gasteiger charge is -2.38. The Morgan fingerprint density at radius 1 is 0.354 bits per heavy atom. The highest BCUT2D eigenvalue weighted by atomic mass is 19.4. The standard InChI is InChI=1S/C54H35F6N5/c55-53(56,57)52(54(58,59)60,39-27-25-38(26-28-39)51-62-49(36-15-5-1-6-16-36)61-50(63-51)37-17-7-2-8-18-37)40-29-31-43(32-30-40)65-47-24-14-13-23-45(47)46-35-44(33-34-48(46)65)64(41-19-9-3-10-20-41)42-21-11-4-12-22-42/h1-35H. The summed E-state index contributed by atoms with van der Waals surface area (Å²) in [6.45, 7) is 0. The molecule has 0 bridgehead atoms. The summed E-state index contributed by atoms with van der Waals surface area (Å²) in [5, 5.41) is 1.71. The van der Waals surface area contributed by atoms with Crippen molar-refractivity contribution in [2.45, 2.75) is 17.8 Å². The van der Waals surface area contributed by atoms with Crippen molar-refractivity contribution in [1.29, 1.82) is 0 Å². The molecule has 0 aliphatic rings. The molecule has 0 radical (unpaired) electrons. The first-order valence-corrected chi connectivity index (χ1v) is 20.7. The number of rotatable bonds is 9. The quantitative estimate of drug-likeness (QED) is 0.136. The van der Waals surface area contributed by atoms with Crippen molar-refractivity contribution < 1.29 is 26.3 Å². The van der Waals surface area contributed by atoms with Crippen LogP contribution in [0.3, 0.4) is 0 Å². The minimum Gasteiger partial charge on any atom is -0.310 e. The third kappa shape index (κ3) is 7.24. The molecule has 0 spiro atoms. The molecule has 10 aromatic rings. The van der Waals surface area contributed by atoms with Crippen molar-refractivity contribution in [2.24, 2.45) is 0 Å². The van der Waals surface area contributed by atoms with E-state index in [2.05, 4.69) is 19.9 Å². The van der Waals surface area contributed by atoms with Crippen molar-refractivity contribution in [1.82, 2.24) is 19.5 Å². The van der Waals surface area contributed by atoms with Crippen molar-refractivity contribution >= 4 is 38.9 Å². The van der Waals surface area contributed by atoms with Gasteiger partial charge in [-0.25, -0.2) is 15.0 Å². The van der Waals surface area contributed by atoms with Crippen LogP contribution in [0.25, 0.3) is 61.7 Å². The van der Waals surface area contributed by atoms with Crippen LogP contribution in [0.1, 0.15) is 11.1 Å². The number of hydrogen-bond donors (Lipinski definition) is 0. The molecule has 8 aromatic carbocycles. The molecule has 0 amide bonds. The fourth-order valence-electron chi connectivity index (χ4n) is 8.63. The molecule has 318 valence electrons. The van der Waals surface area contributed by atoms with E-state index in [0.29, 0.717) is 28.5 Å². The van der Waals surface area contributed by atoms with E-state index in [1.807, 2.05) is 120 Å². The van der Waals surface area contributed by atoms with Crippen LogP contribution in [-0.2, 0) is 5.41 Å². The van der Waals surface area contributed by atoms with Crippen LogP contribution < -0.4 is 4.90 Å². The number of alkyl halides is 6. The molecule has 0 saturated heterocycles. The van der Waals surface area contributed by atoms with Gasteiger partial charge in [0.2, 0.25) is 5.41 Å².